The highest BCUT2D eigenvalue weighted by atomic mass is 16.8. The Kier molecular flexibility index (Phi) is 8.42. The van der Waals surface area contributed by atoms with Gasteiger partial charge in [-0.25, -0.2) is 14.4 Å². The standard InChI is InChI=1S/C29H30O14/c1-13(40-20(32)7-4-14-2-5-15(31)6-3-14)17-10-29(43-26(17)38)9-8-16-18(25(36)37)12-39-27(21(16)29)42-28-24(35)23(34)22(33)19(11-30)41-28/h2-10,12-13,16,19,21-24,27-28,30-31,33-35H,11H2,1H3,(H,36,37)/t13-,16+,19-,21-,22-,23+,24-,27+,28-,29-/m1/s1. The van der Waals surface area contributed by atoms with Gasteiger partial charge in [-0.2, -0.15) is 0 Å². The van der Waals surface area contributed by atoms with Gasteiger partial charge in [0.25, 0.3) is 0 Å². The molecule has 1 saturated heterocycles. The zero-order chi connectivity index (χ0) is 31.1. The number of fused-ring (bicyclic) bond motifs is 2. The molecule has 14 nitrogen and oxygen atoms in total. The van der Waals surface area contributed by atoms with E-state index in [1.165, 1.54) is 43.4 Å². The quantitative estimate of drug-likeness (QED) is 0.126. The lowest BCUT2D eigenvalue weighted by atomic mass is 9.78. The number of esters is 2. The molecule has 1 aliphatic carbocycles. The van der Waals surface area contributed by atoms with Gasteiger partial charge in [0.05, 0.1) is 29.9 Å². The Hall–Kier alpha value is -4.05. The van der Waals surface area contributed by atoms with Crippen LogP contribution in [0.5, 0.6) is 5.75 Å². The Morgan fingerprint density at radius 3 is 2.49 bits per heavy atom. The largest absolute Gasteiger partial charge is 0.508 e. The summed E-state index contributed by atoms with van der Waals surface area (Å²) in [6.07, 6.45) is -2.66. The third kappa shape index (κ3) is 5.80. The van der Waals surface area contributed by atoms with Crippen molar-refractivity contribution in [3.8, 4) is 5.75 Å². The van der Waals surface area contributed by atoms with E-state index < -0.39 is 85.1 Å². The number of carboxylic acids is 1. The maximum absolute atomic E-state index is 13.0. The van der Waals surface area contributed by atoms with E-state index in [9.17, 15) is 45.0 Å². The van der Waals surface area contributed by atoms with Crippen LogP contribution in [-0.4, -0.2) is 104 Å². The van der Waals surface area contributed by atoms with Crippen molar-refractivity contribution in [3.63, 3.8) is 0 Å². The van der Waals surface area contributed by atoms with Crippen LogP contribution in [0.4, 0.5) is 0 Å². The predicted octanol–water partition coefficient (Wildman–Crippen LogP) is -0.497. The molecule has 0 unspecified atom stereocenters. The van der Waals surface area contributed by atoms with Crippen molar-refractivity contribution in [2.75, 3.05) is 6.61 Å². The Morgan fingerprint density at radius 1 is 1.09 bits per heavy atom. The first kappa shape index (κ1) is 30.4. The molecule has 3 heterocycles. The number of benzene rings is 1. The van der Waals surface area contributed by atoms with Gasteiger partial charge in [0, 0.05) is 12.0 Å². The lowest BCUT2D eigenvalue weighted by Gasteiger charge is -2.44. The summed E-state index contributed by atoms with van der Waals surface area (Å²) in [5.41, 5.74) is -1.21. The zero-order valence-electron chi connectivity index (χ0n) is 22.6. The molecule has 0 aromatic heterocycles. The minimum atomic E-state index is -1.78. The number of carbonyl (C=O) groups is 3. The maximum Gasteiger partial charge on any atom is 0.338 e. The van der Waals surface area contributed by atoms with Crippen molar-refractivity contribution < 1.29 is 68.7 Å². The van der Waals surface area contributed by atoms with Crippen molar-refractivity contribution >= 4 is 24.0 Å². The maximum atomic E-state index is 13.0. The lowest BCUT2D eigenvalue weighted by Crippen LogP contribution is -2.60. The molecule has 3 aliphatic heterocycles. The molecule has 0 bridgehead atoms. The van der Waals surface area contributed by atoms with Crippen LogP contribution in [0.15, 0.2) is 66.0 Å². The third-order valence-corrected chi connectivity index (χ3v) is 7.74. The topological polar surface area (TPSA) is 219 Å². The van der Waals surface area contributed by atoms with Gasteiger partial charge in [0.1, 0.15) is 36.3 Å². The van der Waals surface area contributed by atoms with Crippen LogP contribution in [0.1, 0.15) is 12.5 Å². The molecular weight excluding hydrogens is 572 g/mol. The van der Waals surface area contributed by atoms with Crippen molar-refractivity contribution in [2.45, 2.75) is 55.6 Å². The Morgan fingerprint density at radius 2 is 1.81 bits per heavy atom. The van der Waals surface area contributed by atoms with E-state index in [4.69, 9.17) is 23.7 Å². The van der Waals surface area contributed by atoms with E-state index in [0.717, 1.165) is 12.3 Å². The summed E-state index contributed by atoms with van der Waals surface area (Å²) in [6.45, 7) is 0.748. The van der Waals surface area contributed by atoms with Gasteiger partial charge < -0.3 is 54.3 Å². The van der Waals surface area contributed by atoms with Crippen molar-refractivity contribution in [1.82, 2.24) is 0 Å². The number of rotatable bonds is 8. The van der Waals surface area contributed by atoms with Gasteiger partial charge in [0.2, 0.25) is 6.29 Å². The summed E-state index contributed by atoms with van der Waals surface area (Å²) >= 11 is 0. The molecule has 4 aliphatic rings. The molecule has 1 aromatic rings. The molecule has 0 radical (unpaired) electrons. The highest BCUT2D eigenvalue weighted by Gasteiger charge is 2.59. The average molecular weight is 603 g/mol. The third-order valence-electron chi connectivity index (χ3n) is 7.74. The summed E-state index contributed by atoms with van der Waals surface area (Å²) < 4.78 is 27.9. The van der Waals surface area contributed by atoms with Crippen LogP contribution in [0, 0.1) is 11.8 Å². The van der Waals surface area contributed by atoms with Crippen LogP contribution in [0.25, 0.3) is 6.08 Å². The lowest BCUT2D eigenvalue weighted by molar-refractivity contribution is -0.344. The molecule has 0 saturated carbocycles. The number of aliphatic hydroxyl groups is 4. The van der Waals surface area contributed by atoms with E-state index >= 15 is 0 Å². The Bertz CT molecular complexity index is 1380. The number of aliphatic hydroxyl groups excluding tert-OH is 4. The number of phenols is 1. The first-order chi connectivity index (χ1) is 20.4. The van der Waals surface area contributed by atoms with Gasteiger partial charge in [-0.15, -0.1) is 0 Å². The molecule has 1 aromatic carbocycles. The molecule has 230 valence electrons. The number of hydrogen-bond acceptors (Lipinski definition) is 13. The molecule has 1 fully saturated rings. The highest BCUT2D eigenvalue weighted by Crippen LogP contribution is 2.50. The van der Waals surface area contributed by atoms with Gasteiger partial charge in [-0.05, 0) is 42.8 Å². The highest BCUT2D eigenvalue weighted by molar-refractivity contribution is 5.95. The molecule has 10 atom stereocenters. The molecular formula is C29H30O14. The fourth-order valence-corrected chi connectivity index (χ4v) is 5.48. The predicted molar refractivity (Wildman–Crippen MR) is 141 cm³/mol. The number of hydrogen-bond donors (Lipinski definition) is 6. The number of aromatic hydroxyl groups is 1. The summed E-state index contributed by atoms with van der Waals surface area (Å²) in [4.78, 5) is 37.5. The van der Waals surface area contributed by atoms with Crippen molar-refractivity contribution in [3.05, 3.63) is 71.5 Å². The summed E-state index contributed by atoms with van der Waals surface area (Å²) in [5, 5.41) is 59.4. The normalized spacial score (nSPS) is 35.6. The van der Waals surface area contributed by atoms with Crippen molar-refractivity contribution in [1.29, 1.82) is 0 Å². The van der Waals surface area contributed by atoms with E-state index in [1.54, 1.807) is 12.1 Å². The van der Waals surface area contributed by atoms with Crippen LogP contribution in [-0.2, 0) is 38.1 Å². The fourth-order valence-electron chi connectivity index (χ4n) is 5.48. The zero-order valence-corrected chi connectivity index (χ0v) is 22.6. The number of aliphatic carboxylic acids is 1. The second-order valence-electron chi connectivity index (χ2n) is 10.5. The number of phenolic OH excluding ortho intramolecular Hbond substituents is 1. The van der Waals surface area contributed by atoms with Gasteiger partial charge in [-0.3, -0.25) is 0 Å². The first-order valence-corrected chi connectivity index (χ1v) is 13.3. The summed E-state index contributed by atoms with van der Waals surface area (Å²) in [6, 6.07) is 6.06. The molecule has 0 amide bonds. The van der Waals surface area contributed by atoms with Gasteiger partial charge in [-0.1, -0.05) is 18.2 Å². The first-order valence-electron chi connectivity index (χ1n) is 13.3. The van der Waals surface area contributed by atoms with E-state index in [0.29, 0.717) is 5.56 Å². The summed E-state index contributed by atoms with van der Waals surface area (Å²) in [5.74, 6) is -4.83. The second-order valence-corrected chi connectivity index (χ2v) is 10.5. The minimum absolute atomic E-state index is 0.0327. The average Bonchev–Trinajstić information content (AvgIpc) is 3.52. The second kappa shape index (κ2) is 11.9. The SMILES string of the molecule is C[C@@H](OC(=O)C=Cc1ccc(O)cc1)C1=C[C@@]2(C=C[C@H]3C(C(=O)O)=CO[C@@H](O[C@H]4O[C@H](CO)[C@@H](O)[C@H](O)[C@H]4O)[C@@H]32)OC1=O. The molecule has 6 N–H and O–H groups in total. The van der Waals surface area contributed by atoms with Gasteiger partial charge >= 0.3 is 17.9 Å². The number of carboxylic acid groups (broad SMARTS) is 1. The van der Waals surface area contributed by atoms with Crippen LogP contribution >= 0.6 is 0 Å². The monoisotopic (exact) mass is 602 g/mol. The Labute approximate surface area is 244 Å². The fraction of sp³-hybridized carbons (Fsp3) is 0.414. The number of allylic oxidation sites excluding steroid dienone is 1. The van der Waals surface area contributed by atoms with E-state index in [-0.39, 0.29) is 16.9 Å². The van der Waals surface area contributed by atoms with Crippen LogP contribution in [0.3, 0.4) is 0 Å². The van der Waals surface area contributed by atoms with E-state index in [2.05, 4.69) is 0 Å². The molecule has 43 heavy (non-hydrogen) atoms. The van der Waals surface area contributed by atoms with Crippen molar-refractivity contribution in [2.24, 2.45) is 11.8 Å². The molecule has 14 heteroatoms. The molecule has 1 spiro atoms. The van der Waals surface area contributed by atoms with Crippen LogP contribution in [0.2, 0.25) is 0 Å². The molecule has 5 rings (SSSR count). The number of ether oxygens (including phenoxy) is 5. The summed E-state index contributed by atoms with van der Waals surface area (Å²) in [7, 11) is 0. The van der Waals surface area contributed by atoms with E-state index in [1.807, 2.05) is 0 Å². The van der Waals surface area contributed by atoms with Crippen LogP contribution < -0.4 is 0 Å². The van der Waals surface area contributed by atoms with Gasteiger partial charge in [0.15, 0.2) is 11.9 Å². The Balaban J connectivity index is 1.37. The number of carbonyl (C=O) groups excluding carboxylic acids is 2. The smallest absolute Gasteiger partial charge is 0.338 e. The minimum Gasteiger partial charge on any atom is -0.508 e.